The second-order valence-electron chi connectivity index (χ2n) is 6.43. The molecule has 1 N–H and O–H groups in total. The fourth-order valence-corrected chi connectivity index (χ4v) is 4.54. The number of nitrogens with zero attached hydrogens (tertiary/aromatic N) is 1. The Kier molecular flexibility index (Phi) is 6.87. The van der Waals surface area contributed by atoms with Gasteiger partial charge in [-0.2, -0.15) is 0 Å². The summed E-state index contributed by atoms with van der Waals surface area (Å²) in [5.41, 5.74) is 4.20. The van der Waals surface area contributed by atoms with E-state index in [1.807, 2.05) is 44.4 Å². The van der Waals surface area contributed by atoms with Crippen molar-refractivity contribution in [3.8, 4) is 11.5 Å². The molecule has 0 aromatic heterocycles. The third-order valence-corrected chi connectivity index (χ3v) is 5.69. The Balaban J connectivity index is 0.00000243. The average molecular weight is 394 g/mol. The molecule has 0 fully saturated rings. The lowest BCUT2D eigenvalue weighted by Crippen LogP contribution is -2.17. The fraction of sp³-hybridized carbons (Fsp3) is 0.300. The van der Waals surface area contributed by atoms with Crippen molar-refractivity contribution < 1.29 is 14.1 Å². The number of phenolic OH excluding ortho intramolecular Hbond substituents is 1. The molecular weight excluding hydrogens is 370 g/mol. The zero-order chi connectivity index (χ0) is 18.0. The van der Waals surface area contributed by atoms with Gasteiger partial charge < -0.3 is 14.7 Å². The highest BCUT2D eigenvalue weighted by Crippen LogP contribution is 2.38. The number of phenols is 1. The highest BCUT2D eigenvalue weighted by Gasteiger charge is 2.23. The summed E-state index contributed by atoms with van der Waals surface area (Å²) in [6.45, 7) is 0.785. The van der Waals surface area contributed by atoms with Gasteiger partial charge in [0.15, 0.2) is 0 Å². The van der Waals surface area contributed by atoms with E-state index in [2.05, 4.69) is 4.90 Å². The molecule has 0 saturated carbocycles. The van der Waals surface area contributed by atoms with E-state index in [1.165, 1.54) is 5.57 Å². The standard InChI is InChI=1S/C20H23NO3S.ClH/c1-21(2)13-15-9-10-25(23)19-12-17(24-3)7-8-18(19)20(15)14-5-4-6-16(22)11-14;/h4-8,11-12,22H,9-10,13H2,1-3H3;1H. The maximum Gasteiger partial charge on any atom is 0.120 e. The summed E-state index contributed by atoms with van der Waals surface area (Å²) in [5.74, 6) is 1.53. The van der Waals surface area contributed by atoms with E-state index < -0.39 is 10.8 Å². The molecule has 4 nitrogen and oxygen atoms in total. The molecule has 0 saturated heterocycles. The molecule has 140 valence electrons. The summed E-state index contributed by atoms with van der Waals surface area (Å²) < 4.78 is 18.1. The predicted molar refractivity (Wildman–Crippen MR) is 109 cm³/mol. The molecule has 3 rings (SSSR count). The molecule has 0 aliphatic carbocycles. The molecule has 1 aliphatic heterocycles. The molecule has 26 heavy (non-hydrogen) atoms. The Labute approximate surface area is 163 Å². The van der Waals surface area contributed by atoms with Crippen LogP contribution < -0.4 is 4.74 Å². The quantitative estimate of drug-likeness (QED) is 0.860. The largest absolute Gasteiger partial charge is 0.508 e. The first-order valence-corrected chi connectivity index (χ1v) is 9.54. The van der Waals surface area contributed by atoms with Crippen LogP contribution in [0, 0.1) is 0 Å². The Morgan fingerprint density at radius 3 is 2.62 bits per heavy atom. The minimum Gasteiger partial charge on any atom is -0.508 e. The first-order valence-electron chi connectivity index (χ1n) is 8.22. The van der Waals surface area contributed by atoms with Crippen molar-refractivity contribution in [1.82, 2.24) is 4.90 Å². The molecule has 1 unspecified atom stereocenters. The molecule has 0 amide bonds. The van der Waals surface area contributed by atoms with Crippen molar-refractivity contribution in [2.45, 2.75) is 11.3 Å². The van der Waals surface area contributed by atoms with Gasteiger partial charge in [0, 0.05) is 12.3 Å². The third kappa shape index (κ3) is 4.29. The van der Waals surface area contributed by atoms with Crippen LogP contribution in [0.15, 0.2) is 52.9 Å². The van der Waals surface area contributed by atoms with Gasteiger partial charge in [-0.15, -0.1) is 12.4 Å². The first-order chi connectivity index (χ1) is 12.0. The molecule has 1 atom stereocenters. The van der Waals surface area contributed by atoms with Gasteiger partial charge in [-0.1, -0.05) is 12.1 Å². The number of aromatic hydroxyl groups is 1. The number of hydrogen-bond donors (Lipinski definition) is 1. The predicted octanol–water partition coefficient (Wildman–Crippen LogP) is 3.70. The molecule has 0 spiro atoms. The van der Waals surface area contributed by atoms with Gasteiger partial charge >= 0.3 is 0 Å². The first kappa shape index (κ1) is 20.5. The van der Waals surface area contributed by atoms with Crippen molar-refractivity contribution in [3.63, 3.8) is 0 Å². The zero-order valence-corrected chi connectivity index (χ0v) is 16.8. The van der Waals surface area contributed by atoms with Gasteiger partial charge in [0.05, 0.1) is 22.8 Å². The van der Waals surface area contributed by atoms with Gasteiger partial charge in [0.2, 0.25) is 0 Å². The maximum absolute atomic E-state index is 12.8. The summed E-state index contributed by atoms with van der Waals surface area (Å²) in [4.78, 5) is 2.92. The zero-order valence-electron chi connectivity index (χ0n) is 15.2. The minimum absolute atomic E-state index is 0. The second-order valence-corrected chi connectivity index (χ2v) is 7.97. The monoisotopic (exact) mass is 393 g/mol. The van der Waals surface area contributed by atoms with E-state index >= 15 is 0 Å². The van der Waals surface area contributed by atoms with Crippen molar-refractivity contribution in [2.24, 2.45) is 0 Å². The molecule has 0 radical (unpaired) electrons. The number of methoxy groups -OCH3 is 1. The summed E-state index contributed by atoms with van der Waals surface area (Å²) in [6, 6.07) is 13.0. The van der Waals surface area contributed by atoms with Crippen LogP contribution in [0.4, 0.5) is 0 Å². The summed E-state index contributed by atoms with van der Waals surface area (Å²) in [6.07, 6.45) is 0.757. The van der Waals surface area contributed by atoms with E-state index in [1.54, 1.807) is 19.2 Å². The Morgan fingerprint density at radius 2 is 1.96 bits per heavy atom. The number of halogens is 1. The van der Waals surface area contributed by atoms with Crippen LogP contribution in [-0.2, 0) is 10.8 Å². The Hall–Kier alpha value is -1.82. The highest BCUT2D eigenvalue weighted by atomic mass is 35.5. The lowest BCUT2D eigenvalue weighted by Gasteiger charge is -2.19. The van der Waals surface area contributed by atoms with Crippen LogP contribution in [0.2, 0.25) is 0 Å². The van der Waals surface area contributed by atoms with E-state index in [9.17, 15) is 9.32 Å². The number of fused-ring (bicyclic) bond motifs is 1. The van der Waals surface area contributed by atoms with Crippen molar-refractivity contribution >= 4 is 28.8 Å². The lowest BCUT2D eigenvalue weighted by molar-refractivity contribution is 0.413. The summed E-state index contributed by atoms with van der Waals surface area (Å²) >= 11 is 0. The molecule has 2 aromatic carbocycles. The van der Waals surface area contributed by atoms with Crippen molar-refractivity contribution in [3.05, 3.63) is 59.2 Å². The number of rotatable bonds is 4. The highest BCUT2D eigenvalue weighted by molar-refractivity contribution is 7.85. The minimum atomic E-state index is -1.08. The molecule has 6 heteroatoms. The summed E-state index contributed by atoms with van der Waals surface area (Å²) in [7, 11) is 4.60. The van der Waals surface area contributed by atoms with Gasteiger partial charge in [-0.25, -0.2) is 0 Å². The van der Waals surface area contributed by atoms with Gasteiger partial charge in [-0.05, 0) is 73.1 Å². The Morgan fingerprint density at radius 1 is 1.19 bits per heavy atom. The number of benzene rings is 2. The van der Waals surface area contributed by atoms with Crippen LogP contribution in [0.5, 0.6) is 11.5 Å². The normalized spacial score (nSPS) is 16.7. The van der Waals surface area contributed by atoms with E-state index in [-0.39, 0.29) is 18.2 Å². The topological polar surface area (TPSA) is 49.8 Å². The molecule has 0 bridgehead atoms. The number of hydrogen-bond acceptors (Lipinski definition) is 4. The van der Waals surface area contributed by atoms with E-state index in [0.29, 0.717) is 11.5 Å². The van der Waals surface area contributed by atoms with E-state index in [0.717, 1.165) is 34.6 Å². The maximum atomic E-state index is 12.8. The van der Waals surface area contributed by atoms with Gasteiger partial charge in [0.1, 0.15) is 11.5 Å². The molecule has 1 heterocycles. The summed E-state index contributed by atoms with van der Waals surface area (Å²) in [5, 5.41) is 9.95. The average Bonchev–Trinajstić information content (AvgIpc) is 2.71. The van der Waals surface area contributed by atoms with E-state index in [4.69, 9.17) is 4.74 Å². The lowest BCUT2D eigenvalue weighted by atomic mass is 9.91. The molecular formula is C20H24ClNO3S. The third-order valence-electron chi connectivity index (χ3n) is 4.29. The van der Waals surface area contributed by atoms with Gasteiger partial charge in [-0.3, -0.25) is 4.21 Å². The van der Waals surface area contributed by atoms with Crippen molar-refractivity contribution in [2.75, 3.05) is 33.5 Å². The van der Waals surface area contributed by atoms with Gasteiger partial charge in [0.25, 0.3) is 0 Å². The van der Waals surface area contributed by atoms with Crippen LogP contribution >= 0.6 is 12.4 Å². The number of likely N-dealkylation sites (N-methyl/N-ethyl adjacent to an activating group) is 1. The Bertz CT molecular complexity index is 849. The smallest absolute Gasteiger partial charge is 0.120 e. The second kappa shape index (κ2) is 8.71. The van der Waals surface area contributed by atoms with Crippen LogP contribution in [0.3, 0.4) is 0 Å². The molecule has 1 aliphatic rings. The van der Waals surface area contributed by atoms with Crippen molar-refractivity contribution in [1.29, 1.82) is 0 Å². The number of ether oxygens (including phenoxy) is 1. The van der Waals surface area contributed by atoms with Crippen LogP contribution in [-0.4, -0.2) is 47.7 Å². The molecule has 2 aromatic rings. The SMILES string of the molecule is COc1ccc2c(c1)S(=O)CCC(CN(C)C)=C2c1cccc(O)c1.Cl. The van der Waals surface area contributed by atoms with Crippen LogP contribution in [0.1, 0.15) is 17.5 Å². The van der Waals surface area contributed by atoms with Crippen LogP contribution in [0.25, 0.3) is 5.57 Å². The fourth-order valence-electron chi connectivity index (χ4n) is 3.23.